The van der Waals surface area contributed by atoms with Gasteiger partial charge in [-0.3, -0.25) is 14.9 Å². The minimum absolute atomic E-state index is 0. The molecule has 1 fully saturated rings. The SMILES string of the molecule is Cl.NC1(C(=O)NCCNS(=O)(=O)c2cccc([N+](=O)[O-])c2)CCCC1. The van der Waals surface area contributed by atoms with Crippen molar-refractivity contribution in [3.05, 3.63) is 34.4 Å². The number of nitrogens with one attached hydrogen (secondary N) is 2. The molecule has 9 nitrogen and oxygen atoms in total. The number of amides is 1. The van der Waals surface area contributed by atoms with Gasteiger partial charge in [0.05, 0.1) is 15.4 Å². The zero-order chi connectivity index (χ0) is 17.8. The second kappa shape index (κ2) is 8.56. The summed E-state index contributed by atoms with van der Waals surface area (Å²) >= 11 is 0. The lowest BCUT2D eigenvalue weighted by Gasteiger charge is -2.22. The molecule has 0 radical (unpaired) electrons. The summed E-state index contributed by atoms with van der Waals surface area (Å²) in [6.07, 6.45) is 3.06. The molecule has 1 amide bonds. The van der Waals surface area contributed by atoms with E-state index in [1.807, 2.05) is 0 Å². The summed E-state index contributed by atoms with van der Waals surface area (Å²) in [6, 6.07) is 4.75. The van der Waals surface area contributed by atoms with Gasteiger partial charge in [0.25, 0.3) is 5.69 Å². The van der Waals surface area contributed by atoms with E-state index in [9.17, 15) is 23.3 Å². The normalized spacial score (nSPS) is 16.0. The van der Waals surface area contributed by atoms with Crippen molar-refractivity contribution in [2.75, 3.05) is 13.1 Å². The number of carbonyl (C=O) groups excluding carboxylic acids is 1. The number of rotatable bonds is 7. The molecular weight excluding hydrogens is 372 g/mol. The first kappa shape index (κ1) is 21.3. The number of nitrogens with zero attached hydrogens (tertiary/aromatic N) is 1. The minimum Gasteiger partial charge on any atom is -0.353 e. The van der Waals surface area contributed by atoms with Crippen molar-refractivity contribution in [1.82, 2.24) is 10.0 Å². The third kappa shape index (κ3) is 5.36. The Hall–Kier alpha value is -1.75. The summed E-state index contributed by atoms with van der Waals surface area (Å²) in [7, 11) is -3.89. The zero-order valence-electron chi connectivity index (χ0n) is 13.4. The third-order valence-electron chi connectivity index (χ3n) is 3.99. The number of halogens is 1. The molecule has 0 aliphatic heterocycles. The van der Waals surface area contributed by atoms with E-state index in [4.69, 9.17) is 5.73 Å². The van der Waals surface area contributed by atoms with Crippen LogP contribution >= 0.6 is 12.4 Å². The molecule has 0 aromatic heterocycles. The maximum Gasteiger partial charge on any atom is 0.270 e. The lowest BCUT2D eigenvalue weighted by atomic mass is 9.98. The Labute approximate surface area is 152 Å². The van der Waals surface area contributed by atoms with Crippen LogP contribution in [0.25, 0.3) is 0 Å². The number of nitro benzene ring substituents is 1. The van der Waals surface area contributed by atoms with Crippen LogP contribution in [0.5, 0.6) is 0 Å². The summed E-state index contributed by atoms with van der Waals surface area (Å²) in [4.78, 5) is 21.8. The Balaban J connectivity index is 0.00000312. The molecule has 2 rings (SSSR count). The third-order valence-corrected chi connectivity index (χ3v) is 5.45. The second-order valence-corrected chi connectivity index (χ2v) is 7.54. The molecule has 0 atom stereocenters. The number of non-ortho nitro benzene ring substituents is 1. The number of nitrogens with two attached hydrogens (primary N) is 1. The van der Waals surface area contributed by atoms with Gasteiger partial charge < -0.3 is 11.1 Å². The van der Waals surface area contributed by atoms with Crippen LogP contribution in [-0.4, -0.2) is 37.9 Å². The van der Waals surface area contributed by atoms with Crippen LogP contribution in [0, 0.1) is 10.1 Å². The van der Waals surface area contributed by atoms with Crippen LogP contribution in [0.2, 0.25) is 0 Å². The maximum absolute atomic E-state index is 12.1. The summed E-state index contributed by atoms with van der Waals surface area (Å²) < 4.78 is 26.5. The number of hydrogen-bond acceptors (Lipinski definition) is 6. The molecule has 1 aliphatic rings. The van der Waals surface area contributed by atoms with E-state index < -0.39 is 20.5 Å². The van der Waals surface area contributed by atoms with Gasteiger partial charge in [0.15, 0.2) is 0 Å². The van der Waals surface area contributed by atoms with Crippen LogP contribution in [0.1, 0.15) is 25.7 Å². The van der Waals surface area contributed by atoms with E-state index in [0.717, 1.165) is 18.9 Å². The Kier molecular flexibility index (Phi) is 7.29. The molecule has 1 saturated carbocycles. The summed E-state index contributed by atoms with van der Waals surface area (Å²) in [5, 5.41) is 13.3. The van der Waals surface area contributed by atoms with Gasteiger partial charge in [-0.1, -0.05) is 18.9 Å². The molecule has 0 heterocycles. The highest BCUT2D eigenvalue weighted by Crippen LogP contribution is 2.27. The maximum atomic E-state index is 12.1. The molecular formula is C14H21ClN4O5S. The standard InChI is InChI=1S/C14H20N4O5S.ClH/c15-14(6-1-2-7-14)13(19)16-8-9-17-24(22,23)12-5-3-4-11(10-12)18(20)21;/h3-5,10,17H,1-2,6-9,15H2,(H,16,19);1H. The van der Waals surface area contributed by atoms with Gasteiger partial charge in [0.1, 0.15) is 0 Å². The van der Waals surface area contributed by atoms with Gasteiger partial charge in [-0.2, -0.15) is 0 Å². The fraction of sp³-hybridized carbons (Fsp3) is 0.500. The predicted molar refractivity (Wildman–Crippen MR) is 93.9 cm³/mol. The highest BCUT2D eigenvalue weighted by molar-refractivity contribution is 7.89. The van der Waals surface area contributed by atoms with Gasteiger partial charge in [-0.05, 0) is 18.9 Å². The van der Waals surface area contributed by atoms with Crippen molar-refractivity contribution in [3.63, 3.8) is 0 Å². The zero-order valence-corrected chi connectivity index (χ0v) is 15.1. The van der Waals surface area contributed by atoms with E-state index in [1.54, 1.807) is 0 Å². The molecule has 0 unspecified atom stereocenters. The molecule has 0 bridgehead atoms. The summed E-state index contributed by atoms with van der Waals surface area (Å²) in [5.41, 5.74) is 4.82. The van der Waals surface area contributed by atoms with Crippen LogP contribution in [0.15, 0.2) is 29.2 Å². The van der Waals surface area contributed by atoms with Crippen LogP contribution < -0.4 is 15.8 Å². The summed E-state index contributed by atoms with van der Waals surface area (Å²) in [5.74, 6) is -0.283. The first-order chi connectivity index (χ1) is 11.2. The number of nitro groups is 1. The Morgan fingerprint density at radius 1 is 1.28 bits per heavy atom. The number of hydrogen-bond donors (Lipinski definition) is 3. The van der Waals surface area contributed by atoms with Crippen LogP contribution in [0.3, 0.4) is 0 Å². The van der Waals surface area contributed by atoms with Crippen molar-refractivity contribution in [2.45, 2.75) is 36.1 Å². The Bertz CT molecular complexity index is 734. The quantitative estimate of drug-likeness (QED) is 0.353. The number of carbonyl (C=O) groups is 1. The second-order valence-electron chi connectivity index (χ2n) is 5.77. The lowest BCUT2D eigenvalue weighted by molar-refractivity contribution is -0.385. The highest BCUT2D eigenvalue weighted by atomic mass is 35.5. The average Bonchev–Trinajstić information content (AvgIpc) is 2.99. The van der Waals surface area contributed by atoms with Gasteiger partial charge >= 0.3 is 0 Å². The van der Waals surface area contributed by atoms with Crippen molar-refractivity contribution >= 4 is 34.0 Å². The average molecular weight is 393 g/mol. The van der Waals surface area contributed by atoms with Crippen molar-refractivity contribution in [2.24, 2.45) is 5.73 Å². The van der Waals surface area contributed by atoms with Crippen molar-refractivity contribution < 1.29 is 18.1 Å². The lowest BCUT2D eigenvalue weighted by Crippen LogP contribution is -2.53. The molecule has 4 N–H and O–H groups in total. The molecule has 1 aromatic rings. The molecule has 0 saturated heterocycles. The van der Waals surface area contributed by atoms with Crippen molar-refractivity contribution in [1.29, 1.82) is 0 Å². The molecule has 11 heteroatoms. The van der Waals surface area contributed by atoms with Gasteiger partial charge in [0, 0.05) is 25.2 Å². The summed E-state index contributed by atoms with van der Waals surface area (Å²) in [6.45, 7) is 0.0544. The number of sulfonamides is 1. The smallest absolute Gasteiger partial charge is 0.270 e. The van der Waals surface area contributed by atoms with Crippen LogP contribution in [-0.2, 0) is 14.8 Å². The van der Waals surface area contributed by atoms with Gasteiger partial charge in [0.2, 0.25) is 15.9 Å². The fourth-order valence-corrected chi connectivity index (χ4v) is 3.69. The topological polar surface area (TPSA) is 144 Å². The van der Waals surface area contributed by atoms with E-state index in [0.29, 0.717) is 12.8 Å². The van der Waals surface area contributed by atoms with E-state index in [1.165, 1.54) is 18.2 Å². The monoisotopic (exact) mass is 392 g/mol. The number of benzene rings is 1. The Morgan fingerprint density at radius 3 is 2.52 bits per heavy atom. The molecule has 0 spiro atoms. The first-order valence-electron chi connectivity index (χ1n) is 7.56. The predicted octanol–water partition coefficient (Wildman–Crippen LogP) is 0.683. The largest absolute Gasteiger partial charge is 0.353 e. The molecule has 1 aromatic carbocycles. The van der Waals surface area contributed by atoms with E-state index in [-0.39, 0.29) is 42.0 Å². The van der Waals surface area contributed by atoms with Gasteiger partial charge in [-0.25, -0.2) is 13.1 Å². The molecule has 25 heavy (non-hydrogen) atoms. The highest BCUT2D eigenvalue weighted by Gasteiger charge is 2.36. The van der Waals surface area contributed by atoms with E-state index >= 15 is 0 Å². The van der Waals surface area contributed by atoms with Crippen LogP contribution in [0.4, 0.5) is 5.69 Å². The molecule has 140 valence electrons. The minimum atomic E-state index is -3.89. The van der Waals surface area contributed by atoms with Crippen molar-refractivity contribution in [3.8, 4) is 0 Å². The van der Waals surface area contributed by atoms with Gasteiger partial charge in [-0.15, -0.1) is 12.4 Å². The Morgan fingerprint density at radius 2 is 1.92 bits per heavy atom. The van der Waals surface area contributed by atoms with E-state index in [2.05, 4.69) is 10.0 Å². The first-order valence-corrected chi connectivity index (χ1v) is 9.04. The molecule has 1 aliphatic carbocycles. The fourth-order valence-electron chi connectivity index (χ4n) is 2.62.